The third-order valence-electron chi connectivity index (χ3n) is 6.06. The first-order valence-corrected chi connectivity index (χ1v) is 14.9. The van der Waals surface area contributed by atoms with Gasteiger partial charge in [0.1, 0.15) is 15.7 Å². The zero-order chi connectivity index (χ0) is 29.8. The molecule has 1 amide bonds. The highest BCUT2D eigenvalue weighted by atomic mass is 35.5. The van der Waals surface area contributed by atoms with E-state index in [4.69, 9.17) is 48.1 Å². The molecule has 4 N–H and O–H groups in total. The maximum absolute atomic E-state index is 12.6. The Balaban J connectivity index is 1.31. The van der Waals surface area contributed by atoms with Crippen molar-refractivity contribution in [3.63, 3.8) is 0 Å². The normalized spacial score (nSPS) is 10.8. The third kappa shape index (κ3) is 6.55. The Morgan fingerprint density at radius 1 is 0.929 bits per heavy atom. The van der Waals surface area contributed by atoms with E-state index in [9.17, 15) is 4.79 Å². The smallest absolute Gasteiger partial charge is 0.228 e. The lowest BCUT2D eigenvalue weighted by Crippen LogP contribution is -2.14. The molecule has 0 aliphatic heterocycles. The molecular weight excluding hydrogens is 617 g/mol. The Morgan fingerprint density at radius 3 is 2.38 bits per heavy atom. The van der Waals surface area contributed by atoms with Crippen molar-refractivity contribution in [1.29, 1.82) is 0 Å². The second-order valence-electron chi connectivity index (χ2n) is 8.86. The highest BCUT2D eigenvalue weighted by Gasteiger charge is 2.18. The van der Waals surface area contributed by atoms with Crippen LogP contribution in [0, 0.1) is 0 Å². The fraction of sp³-hybridized carbons (Fsp3) is 0.138. The van der Waals surface area contributed by atoms with E-state index in [-0.39, 0.29) is 12.3 Å². The second-order valence-corrected chi connectivity index (χ2v) is 11.5. The van der Waals surface area contributed by atoms with Crippen molar-refractivity contribution < 1.29 is 19.0 Å². The minimum Gasteiger partial charge on any atom is -0.493 e. The molecule has 0 spiro atoms. The monoisotopic (exact) mass is 641 g/mol. The number of benzene rings is 3. The molecule has 3 aromatic carbocycles. The van der Waals surface area contributed by atoms with Crippen molar-refractivity contribution in [2.75, 3.05) is 37.7 Å². The summed E-state index contributed by atoms with van der Waals surface area (Å²) in [4.78, 5) is 22.7. The third-order valence-corrected chi connectivity index (χ3v) is 8.78. The van der Waals surface area contributed by atoms with Gasteiger partial charge < -0.3 is 30.6 Å². The minimum atomic E-state index is -0.172. The predicted molar refractivity (Wildman–Crippen MR) is 171 cm³/mol. The van der Waals surface area contributed by atoms with Gasteiger partial charge in [-0.15, -0.1) is 11.3 Å². The Labute approximate surface area is 260 Å². The van der Waals surface area contributed by atoms with Gasteiger partial charge >= 0.3 is 0 Å². The van der Waals surface area contributed by atoms with Crippen molar-refractivity contribution in [1.82, 2.24) is 9.97 Å². The lowest BCUT2D eigenvalue weighted by Gasteiger charge is -2.14. The molecule has 9 nitrogen and oxygen atoms in total. The van der Waals surface area contributed by atoms with Gasteiger partial charge in [0.05, 0.1) is 43.5 Å². The summed E-state index contributed by atoms with van der Waals surface area (Å²) in [5.41, 5.74) is 10.0. The van der Waals surface area contributed by atoms with Crippen molar-refractivity contribution in [3.8, 4) is 38.4 Å². The van der Waals surface area contributed by atoms with Crippen LogP contribution in [0.4, 0.5) is 22.3 Å². The topological polar surface area (TPSA) is 121 Å². The molecular formula is C29H25Cl2N5O4S2. The molecule has 0 unspecified atom stereocenters. The van der Waals surface area contributed by atoms with Crippen molar-refractivity contribution in [2.45, 2.75) is 6.42 Å². The number of amides is 1. The first-order valence-electron chi connectivity index (χ1n) is 12.4. The number of nitrogens with two attached hydrogens (primary N) is 1. The summed E-state index contributed by atoms with van der Waals surface area (Å²) in [5.74, 6) is 1.71. The van der Waals surface area contributed by atoms with Crippen molar-refractivity contribution in [3.05, 3.63) is 75.6 Å². The van der Waals surface area contributed by atoms with E-state index in [0.717, 1.165) is 26.7 Å². The number of carbonyl (C=O) groups excluding carboxylic acids is 1. The van der Waals surface area contributed by atoms with Gasteiger partial charge in [-0.2, -0.15) is 0 Å². The van der Waals surface area contributed by atoms with Gasteiger partial charge in [-0.3, -0.25) is 4.79 Å². The summed E-state index contributed by atoms with van der Waals surface area (Å²) >= 11 is 14.9. The molecule has 0 radical (unpaired) electrons. The number of thiazole rings is 2. The molecule has 0 bridgehead atoms. The maximum atomic E-state index is 12.6. The van der Waals surface area contributed by atoms with Gasteiger partial charge in [0.25, 0.3) is 0 Å². The van der Waals surface area contributed by atoms with Gasteiger partial charge in [-0.1, -0.05) is 52.7 Å². The van der Waals surface area contributed by atoms with E-state index in [0.29, 0.717) is 49.6 Å². The fourth-order valence-electron chi connectivity index (χ4n) is 4.12. The fourth-order valence-corrected chi connectivity index (χ4v) is 6.28. The van der Waals surface area contributed by atoms with E-state index in [2.05, 4.69) is 15.6 Å². The van der Waals surface area contributed by atoms with Crippen LogP contribution >= 0.6 is 45.9 Å². The molecule has 0 saturated carbocycles. The number of rotatable bonds is 10. The number of carbonyl (C=O) groups is 1. The number of methoxy groups -OCH3 is 3. The van der Waals surface area contributed by atoms with Gasteiger partial charge in [0.2, 0.25) is 11.7 Å². The molecule has 0 saturated heterocycles. The molecule has 216 valence electrons. The zero-order valence-corrected chi connectivity index (χ0v) is 25.8. The molecule has 5 rings (SSSR count). The van der Waals surface area contributed by atoms with Crippen LogP contribution in [0.15, 0.2) is 60.0 Å². The summed E-state index contributed by atoms with van der Waals surface area (Å²) in [5, 5.41) is 10.3. The Hall–Kier alpha value is -4.03. The van der Waals surface area contributed by atoms with Crippen LogP contribution in [0.1, 0.15) is 5.56 Å². The molecule has 0 aliphatic rings. The quantitative estimate of drug-likeness (QED) is 0.141. The molecule has 42 heavy (non-hydrogen) atoms. The highest BCUT2D eigenvalue weighted by Crippen LogP contribution is 2.43. The standard InChI is InChI=1S/C29H25Cl2N5O4S2/c1-38-22-12-18(13-23(39-2)25(22)40-3)34-29-36-27(32)26(42-29)28-35-21(14-41-28)16-5-4-6-17(11-16)33-24(37)10-15-7-8-19(30)20(31)9-15/h4-9,11-14H,10,32H2,1-3H3,(H,33,37)(H,34,36). The Morgan fingerprint density at radius 2 is 1.69 bits per heavy atom. The number of ether oxygens (including phenoxy) is 3. The number of anilines is 4. The van der Waals surface area contributed by atoms with Crippen LogP contribution in [0.3, 0.4) is 0 Å². The molecule has 0 atom stereocenters. The number of halogens is 2. The first-order chi connectivity index (χ1) is 20.3. The number of aromatic nitrogens is 2. The highest BCUT2D eigenvalue weighted by molar-refractivity contribution is 7.23. The molecule has 2 heterocycles. The van der Waals surface area contributed by atoms with E-state index >= 15 is 0 Å². The van der Waals surface area contributed by atoms with Gasteiger partial charge in [-0.25, -0.2) is 9.97 Å². The molecule has 2 aromatic heterocycles. The van der Waals surface area contributed by atoms with Crippen LogP contribution in [-0.4, -0.2) is 37.2 Å². The summed E-state index contributed by atoms with van der Waals surface area (Å²) in [6, 6.07) is 16.2. The van der Waals surface area contributed by atoms with Crippen LogP contribution in [0.5, 0.6) is 17.2 Å². The van der Waals surface area contributed by atoms with Crippen molar-refractivity contribution in [2.24, 2.45) is 0 Å². The average molecular weight is 643 g/mol. The average Bonchev–Trinajstić information content (AvgIpc) is 3.61. The lowest BCUT2D eigenvalue weighted by molar-refractivity contribution is -0.115. The largest absolute Gasteiger partial charge is 0.493 e. The number of hydrogen-bond acceptors (Lipinski definition) is 10. The van der Waals surface area contributed by atoms with E-state index in [1.54, 1.807) is 51.7 Å². The summed E-state index contributed by atoms with van der Waals surface area (Å²) in [6.07, 6.45) is 0.166. The number of nitrogens with one attached hydrogen (secondary N) is 2. The molecule has 0 fully saturated rings. The van der Waals surface area contributed by atoms with Crippen LogP contribution in [0.25, 0.3) is 21.1 Å². The number of nitrogen functional groups attached to an aromatic ring is 1. The van der Waals surface area contributed by atoms with Crippen molar-refractivity contribution >= 4 is 74.1 Å². The summed E-state index contributed by atoms with van der Waals surface area (Å²) in [7, 11) is 4.67. The molecule has 13 heteroatoms. The second kappa shape index (κ2) is 12.9. The molecule has 5 aromatic rings. The summed E-state index contributed by atoms with van der Waals surface area (Å²) < 4.78 is 16.3. The van der Waals surface area contributed by atoms with E-state index in [1.807, 2.05) is 29.6 Å². The van der Waals surface area contributed by atoms with Crippen LogP contribution in [0.2, 0.25) is 10.0 Å². The minimum absolute atomic E-state index is 0.166. The first kappa shape index (κ1) is 29.5. The lowest BCUT2D eigenvalue weighted by atomic mass is 10.1. The Bertz CT molecular complexity index is 1730. The molecule has 0 aliphatic carbocycles. The van der Waals surface area contributed by atoms with E-state index < -0.39 is 0 Å². The van der Waals surface area contributed by atoms with Gasteiger partial charge in [-0.05, 0) is 29.8 Å². The number of hydrogen-bond donors (Lipinski definition) is 3. The van der Waals surface area contributed by atoms with Gasteiger partial charge in [0.15, 0.2) is 16.6 Å². The predicted octanol–water partition coefficient (Wildman–Crippen LogP) is 7.77. The van der Waals surface area contributed by atoms with Crippen LogP contribution in [-0.2, 0) is 11.2 Å². The maximum Gasteiger partial charge on any atom is 0.228 e. The van der Waals surface area contributed by atoms with E-state index in [1.165, 1.54) is 22.7 Å². The van der Waals surface area contributed by atoms with Gasteiger partial charge in [0, 0.05) is 34.5 Å². The number of nitrogens with zero attached hydrogens (tertiary/aromatic N) is 2. The Kier molecular flexibility index (Phi) is 9.03. The summed E-state index contributed by atoms with van der Waals surface area (Å²) in [6.45, 7) is 0. The van der Waals surface area contributed by atoms with Crippen LogP contribution < -0.4 is 30.6 Å². The zero-order valence-electron chi connectivity index (χ0n) is 22.7. The SMILES string of the molecule is COc1cc(Nc2nc(N)c(-c3nc(-c4cccc(NC(=O)Cc5ccc(Cl)c(Cl)c5)c4)cs3)s2)cc(OC)c1OC.